The molecule has 0 bridgehead atoms. The van der Waals surface area contributed by atoms with E-state index in [1.54, 1.807) is 18.4 Å². The average Bonchev–Trinajstić information content (AvgIpc) is 3.36. The van der Waals surface area contributed by atoms with Gasteiger partial charge in [0, 0.05) is 69.9 Å². The van der Waals surface area contributed by atoms with Gasteiger partial charge in [-0.1, -0.05) is 19.3 Å². The first kappa shape index (κ1) is 24.7. The normalized spacial score (nSPS) is 22.7. The van der Waals surface area contributed by atoms with Gasteiger partial charge < -0.3 is 19.5 Å². The molecule has 174 valence electrons. The summed E-state index contributed by atoms with van der Waals surface area (Å²) in [5, 5.41) is 3.72. The van der Waals surface area contributed by atoms with Gasteiger partial charge in [0.2, 0.25) is 0 Å². The summed E-state index contributed by atoms with van der Waals surface area (Å²) < 4.78 is 5.27. The van der Waals surface area contributed by atoms with E-state index in [1.165, 1.54) is 56.7 Å². The Balaban J connectivity index is 0.00000272. The molecule has 1 saturated carbocycles. The van der Waals surface area contributed by atoms with E-state index in [1.807, 2.05) is 11.9 Å². The van der Waals surface area contributed by atoms with Gasteiger partial charge in [-0.05, 0) is 25.0 Å². The van der Waals surface area contributed by atoms with Crippen LogP contribution in [0.15, 0.2) is 27.8 Å². The van der Waals surface area contributed by atoms with Crippen LogP contribution in [0.4, 0.5) is 0 Å². The molecule has 3 aliphatic rings. The van der Waals surface area contributed by atoms with E-state index in [2.05, 4.69) is 31.9 Å². The van der Waals surface area contributed by atoms with E-state index in [0.29, 0.717) is 18.8 Å². The lowest BCUT2D eigenvalue weighted by Gasteiger charge is -2.48. The number of furan rings is 1. The van der Waals surface area contributed by atoms with Gasteiger partial charge in [0.25, 0.3) is 5.91 Å². The number of halogens is 1. The van der Waals surface area contributed by atoms with Crippen molar-refractivity contribution >= 4 is 47.6 Å². The number of aliphatic imine (C=N–C) groups is 1. The number of nitrogens with one attached hydrogen (secondary N) is 1. The average molecular weight is 562 g/mol. The number of rotatable bonds is 4. The molecule has 9 heteroatoms. The first-order valence-corrected chi connectivity index (χ1v) is 12.5. The molecule has 1 N–H and O–H groups in total. The van der Waals surface area contributed by atoms with E-state index < -0.39 is 0 Å². The monoisotopic (exact) mass is 561 g/mol. The summed E-state index contributed by atoms with van der Waals surface area (Å²) in [7, 11) is 1.87. The molecule has 2 saturated heterocycles. The molecule has 0 spiro atoms. The Kier molecular flexibility index (Phi) is 9.39. The Hall–Kier alpha value is -0.940. The lowest BCUT2D eigenvalue weighted by molar-refractivity contribution is 0.0602. The van der Waals surface area contributed by atoms with E-state index in [0.717, 1.165) is 25.6 Å². The molecule has 1 aromatic heterocycles. The number of hydrogen-bond donors (Lipinski definition) is 1. The van der Waals surface area contributed by atoms with Crippen molar-refractivity contribution in [3.05, 3.63) is 24.2 Å². The van der Waals surface area contributed by atoms with Crippen molar-refractivity contribution in [2.45, 2.75) is 37.6 Å². The van der Waals surface area contributed by atoms with Gasteiger partial charge >= 0.3 is 0 Å². The highest BCUT2D eigenvalue weighted by Gasteiger charge is 2.39. The molecule has 2 aliphatic heterocycles. The van der Waals surface area contributed by atoms with E-state index >= 15 is 0 Å². The van der Waals surface area contributed by atoms with E-state index in [4.69, 9.17) is 4.42 Å². The molecule has 0 unspecified atom stereocenters. The van der Waals surface area contributed by atoms with E-state index in [9.17, 15) is 4.79 Å². The highest BCUT2D eigenvalue weighted by atomic mass is 127. The fraction of sp³-hybridized carbons (Fsp3) is 0.727. The van der Waals surface area contributed by atoms with Crippen molar-refractivity contribution < 1.29 is 9.21 Å². The van der Waals surface area contributed by atoms with Crippen LogP contribution in [0.1, 0.15) is 42.7 Å². The second kappa shape index (κ2) is 11.8. The number of guanidine groups is 1. The summed E-state index contributed by atoms with van der Waals surface area (Å²) in [5.74, 6) is 3.87. The Morgan fingerprint density at radius 1 is 1.10 bits per heavy atom. The fourth-order valence-corrected chi connectivity index (χ4v) is 6.01. The third-order valence-corrected chi connectivity index (χ3v) is 7.79. The second-order valence-corrected chi connectivity index (χ2v) is 9.77. The lowest BCUT2D eigenvalue weighted by Crippen LogP contribution is -2.61. The summed E-state index contributed by atoms with van der Waals surface area (Å²) in [6.45, 7) is 6.34. The van der Waals surface area contributed by atoms with Crippen molar-refractivity contribution in [2.24, 2.45) is 4.99 Å². The minimum atomic E-state index is -0.0216. The van der Waals surface area contributed by atoms with Gasteiger partial charge in [0.05, 0.1) is 6.26 Å². The van der Waals surface area contributed by atoms with Gasteiger partial charge in [0.15, 0.2) is 11.7 Å². The van der Waals surface area contributed by atoms with Crippen LogP contribution in [-0.4, -0.2) is 96.5 Å². The van der Waals surface area contributed by atoms with Gasteiger partial charge in [-0.25, -0.2) is 0 Å². The molecule has 1 amide bonds. The Morgan fingerprint density at radius 2 is 1.77 bits per heavy atom. The van der Waals surface area contributed by atoms with Crippen LogP contribution in [0, 0.1) is 0 Å². The summed E-state index contributed by atoms with van der Waals surface area (Å²) in [6, 6.07) is 3.50. The molecule has 0 radical (unpaired) electrons. The quantitative estimate of drug-likeness (QED) is 0.347. The molecule has 4 rings (SSSR count). The Morgan fingerprint density at radius 3 is 2.39 bits per heavy atom. The molecule has 3 heterocycles. The third kappa shape index (κ3) is 5.90. The number of thioether (sulfide) groups is 1. The second-order valence-electron chi connectivity index (χ2n) is 8.54. The van der Waals surface area contributed by atoms with Crippen molar-refractivity contribution in [2.75, 3.05) is 64.4 Å². The van der Waals surface area contributed by atoms with Crippen LogP contribution < -0.4 is 5.32 Å². The van der Waals surface area contributed by atoms with Gasteiger partial charge in [-0.3, -0.25) is 14.7 Å². The lowest BCUT2D eigenvalue weighted by atomic mass is 9.80. The predicted octanol–water partition coefficient (Wildman–Crippen LogP) is 2.98. The number of amides is 1. The number of hydrogen-bond acceptors (Lipinski definition) is 5. The molecule has 0 aromatic carbocycles. The van der Waals surface area contributed by atoms with Crippen LogP contribution in [-0.2, 0) is 0 Å². The topological polar surface area (TPSA) is 64.3 Å². The SMILES string of the molecule is CN=C(NCC1(N2CCSCC2)CCCCC1)N1CCN(C(=O)c2ccco2)CC1.I. The smallest absolute Gasteiger partial charge is 0.289 e. The molecular formula is C22H36IN5O2S. The van der Waals surface area contributed by atoms with Crippen molar-refractivity contribution in [3.63, 3.8) is 0 Å². The number of carbonyl (C=O) groups is 1. The van der Waals surface area contributed by atoms with Crippen molar-refractivity contribution in [3.8, 4) is 0 Å². The van der Waals surface area contributed by atoms with Gasteiger partial charge in [-0.2, -0.15) is 11.8 Å². The summed E-state index contributed by atoms with van der Waals surface area (Å²) >= 11 is 2.08. The first-order valence-electron chi connectivity index (χ1n) is 11.3. The number of carbonyl (C=O) groups excluding carboxylic acids is 1. The fourth-order valence-electron chi connectivity index (χ4n) is 5.11. The maximum Gasteiger partial charge on any atom is 0.289 e. The van der Waals surface area contributed by atoms with Crippen LogP contribution in [0.5, 0.6) is 0 Å². The summed E-state index contributed by atoms with van der Waals surface area (Å²) in [4.78, 5) is 24.0. The Bertz CT molecular complexity index is 709. The van der Waals surface area contributed by atoms with Gasteiger partial charge in [0.1, 0.15) is 0 Å². The van der Waals surface area contributed by atoms with Crippen LogP contribution >= 0.6 is 35.7 Å². The highest BCUT2D eigenvalue weighted by Crippen LogP contribution is 2.34. The molecule has 31 heavy (non-hydrogen) atoms. The molecule has 1 aromatic rings. The maximum absolute atomic E-state index is 12.5. The zero-order valence-corrected chi connectivity index (χ0v) is 21.7. The highest BCUT2D eigenvalue weighted by molar-refractivity contribution is 14.0. The van der Waals surface area contributed by atoms with Crippen molar-refractivity contribution in [1.29, 1.82) is 0 Å². The number of nitrogens with zero attached hydrogens (tertiary/aromatic N) is 4. The first-order chi connectivity index (χ1) is 14.7. The van der Waals surface area contributed by atoms with Crippen molar-refractivity contribution in [1.82, 2.24) is 20.0 Å². The molecular weight excluding hydrogens is 525 g/mol. The van der Waals surface area contributed by atoms with E-state index in [-0.39, 0.29) is 35.4 Å². The molecule has 1 aliphatic carbocycles. The standard InChI is InChI=1S/C22H35N5O2S.HI/c1-23-21(26-11-9-25(10-12-26)20(28)19-6-5-15-29-19)24-18-22(7-3-2-4-8-22)27-13-16-30-17-14-27;/h5-6,15H,2-4,7-14,16-18H2,1H3,(H,23,24);1H. The van der Waals surface area contributed by atoms with Crippen LogP contribution in [0.25, 0.3) is 0 Å². The molecule has 3 fully saturated rings. The largest absolute Gasteiger partial charge is 0.459 e. The van der Waals surface area contributed by atoms with Crippen LogP contribution in [0.3, 0.4) is 0 Å². The minimum absolute atomic E-state index is 0. The Labute approximate surface area is 207 Å². The molecule has 7 nitrogen and oxygen atoms in total. The zero-order valence-electron chi connectivity index (χ0n) is 18.6. The summed E-state index contributed by atoms with van der Waals surface area (Å²) in [5.41, 5.74) is 0.270. The van der Waals surface area contributed by atoms with Gasteiger partial charge in [-0.15, -0.1) is 24.0 Å². The number of piperazine rings is 1. The maximum atomic E-state index is 12.5. The zero-order chi connectivity index (χ0) is 20.8. The predicted molar refractivity (Wildman–Crippen MR) is 138 cm³/mol. The summed E-state index contributed by atoms with van der Waals surface area (Å²) in [6.07, 6.45) is 8.15. The van der Waals surface area contributed by atoms with Crippen LogP contribution in [0.2, 0.25) is 0 Å². The minimum Gasteiger partial charge on any atom is -0.459 e. The third-order valence-electron chi connectivity index (χ3n) is 6.85. The molecule has 0 atom stereocenters.